The number of nitrogens with one attached hydrogen (secondary N) is 1. The standard InChI is InChI=1S/C12H23N3O2S/c1-10(2)15(4)18(16,17)14-12(9-13)7-5-11(3)6-8-12/h10-11,14H,5-8H2,1-4H3. The van der Waals surface area contributed by atoms with Gasteiger partial charge in [0.25, 0.3) is 10.2 Å². The summed E-state index contributed by atoms with van der Waals surface area (Å²) >= 11 is 0. The predicted molar refractivity (Wildman–Crippen MR) is 70.9 cm³/mol. The molecule has 0 aromatic heterocycles. The van der Waals surface area contributed by atoms with Crippen molar-refractivity contribution in [3.63, 3.8) is 0 Å². The summed E-state index contributed by atoms with van der Waals surface area (Å²) in [6, 6.07) is 2.05. The van der Waals surface area contributed by atoms with Crippen molar-refractivity contribution in [1.82, 2.24) is 9.03 Å². The van der Waals surface area contributed by atoms with E-state index in [-0.39, 0.29) is 6.04 Å². The van der Waals surface area contributed by atoms with Crippen molar-refractivity contribution < 1.29 is 8.42 Å². The normalized spacial score (nSPS) is 29.5. The van der Waals surface area contributed by atoms with Gasteiger partial charge in [-0.25, -0.2) is 0 Å². The molecule has 1 aliphatic rings. The summed E-state index contributed by atoms with van der Waals surface area (Å²) in [5.41, 5.74) is -0.922. The van der Waals surface area contributed by atoms with Crippen LogP contribution in [0.2, 0.25) is 0 Å². The minimum Gasteiger partial charge on any atom is -0.196 e. The van der Waals surface area contributed by atoms with Gasteiger partial charge in [-0.15, -0.1) is 0 Å². The van der Waals surface area contributed by atoms with Crippen LogP contribution in [0.4, 0.5) is 0 Å². The molecule has 0 heterocycles. The van der Waals surface area contributed by atoms with E-state index in [4.69, 9.17) is 0 Å². The molecule has 6 heteroatoms. The molecule has 104 valence electrons. The summed E-state index contributed by atoms with van der Waals surface area (Å²) in [7, 11) is -2.06. The van der Waals surface area contributed by atoms with Crippen LogP contribution in [-0.4, -0.2) is 31.4 Å². The maximum absolute atomic E-state index is 12.1. The average Bonchev–Trinajstić information content (AvgIpc) is 2.31. The highest BCUT2D eigenvalue weighted by molar-refractivity contribution is 7.87. The van der Waals surface area contributed by atoms with Crippen LogP contribution < -0.4 is 4.72 Å². The van der Waals surface area contributed by atoms with E-state index in [9.17, 15) is 13.7 Å². The van der Waals surface area contributed by atoms with Crippen LogP contribution in [0.15, 0.2) is 0 Å². The zero-order valence-electron chi connectivity index (χ0n) is 11.6. The van der Waals surface area contributed by atoms with Gasteiger partial charge >= 0.3 is 0 Å². The lowest BCUT2D eigenvalue weighted by atomic mass is 9.79. The Morgan fingerprint density at radius 3 is 2.28 bits per heavy atom. The summed E-state index contributed by atoms with van der Waals surface area (Å²) in [4.78, 5) is 0. The maximum atomic E-state index is 12.1. The van der Waals surface area contributed by atoms with E-state index < -0.39 is 15.7 Å². The molecule has 18 heavy (non-hydrogen) atoms. The number of rotatable bonds is 4. The highest BCUT2D eigenvalue weighted by atomic mass is 32.2. The third kappa shape index (κ3) is 3.44. The van der Waals surface area contributed by atoms with Gasteiger partial charge in [0, 0.05) is 13.1 Å². The topological polar surface area (TPSA) is 73.2 Å². The number of hydrogen-bond acceptors (Lipinski definition) is 3. The van der Waals surface area contributed by atoms with Crippen LogP contribution in [-0.2, 0) is 10.2 Å². The van der Waals surface area contributed by atoms with Gasteiger partial charge in [-0.1, -0.05) is 6.92 Å². The first kappa shape index (κ1) is 15.4. The summed E-state index contributed by atoms with van der Waals surface area (Å²) in [5.74, 6) is 0.568. The molecule has 1 rings (SSSR count). The Kier molecular flexibility index (Phi) is 4.76. The van der Waals surface area contributed by atoms with Crippen LogP contribution in [0.25, 0.3) is 0 Å². The van der Waals surface area contributed by atoms with Crippen LogP contribution >= 0.6 is 0 Å². The zero-order chi connectivity index (χ0) is 14.0. The van der Waals surface area contributed by atoms with E-state index >= 15 is 0 Å². The molecule has 0 aromatic carbocycles. The fourth-order valence-corrected chi connectivity index (χ4v) is 3.53. The first-order chi connectivity index (χ1) is 8.22. The lowest BCUT2D eigenvalue weighted by Gasteiger charge is -2.35. The van der Waals surface area contributed by atoms with Crippen molar-refractivity contribution in [3.8, 4) is 6.07 Å². The Hall–Kier alpha value is -0.640. The Bertz CT molecular complexity index is 417. The Morgan fingerprint density at radius 2 is 1.89 bits per heavy atom. The zero-order valence-corrected chi connectivity index (χ0v) is 12.4. The second kappa shape index (κ2) is 5.55. The van der Waals surface area contributed by atoms with Gasteiger partial charge in [0.05, 0.1) is 6.07 Å². The fourth-order valence-electron chi connectivity index (χ4n) is 2.09. The first-order valence-electron chi connectivity index (χ1n) is 6.40. The molecule has 0 radical (unpaired) electrons. The number of hydrogen-bond donors (Lipinski definition) is 1. The summed E-state index contributed by atoms with van der Waals surface area (Å²) in [6.45, 7) is 5.75. The second-order valence-electron chi connectivity index (χ2n) is 5.59. The molecule has 0 bridgehead atoms. The highest BCUT2D eigenvalue weighted by Gasteiger charge is 2.39. The van der Waals surface area contributed by atoms with Crippen LogP contribution in [0.5, 0.6) is 0 Å². The van der Waals surface area contributed by atoms with Gasteiger partial charge in [0.2, 0.25) is 0 Å². The lowest BCUT2D eigenvalue weighted by molar-refractivity contribution is 0.270. The SMILES string of the molecule is CC1CCC(C#N)(NS(=O)(=O)N(C)C(C)C)CC1. The van der Waals surface area contributed by atoms with Crippen LogP contribution in [0, 0.1) is 17.2 Å². The molecule has 0 unspecified atom stereocenters. The summed E-state index contributed by atoms with van der Waals surface area (Å²) in [5, 5.41) is 9.32. The maximum Gasteiger partial charge on any atom is 0.280 e. The molecule has 5 nitrogen and oxygen atoms in total. The van der Waals surface area contributed by atoms with Gasteiger partial charge in [0.1, 0.15) is 5.54 Å². The lowest BCUT2D eigenvalue weighted by Crippen LogP contribution is -2.54. The van der Waals surface area contributed by atoms with E-state index in [0.717, 1.165) is 12.8 Å². The van der Waals surface area contributed by atoms with Gasteiger partial charge in [-0.3, -0.25) is 0 Å². The van der Waals surface area contributed by atoms with E-state index in [1.54, 1.807) is 13.8 Å². The van der Waals surface area contributed by atoms with Crippen molar-refractivity contribution in [2.75, 3.05) is 7.05 Å². The monoisotopic (exact) mass is 273 g/mol. The fraction of sp³-hybridized carbons (Fsp3) is 0.917. The second-order valence-corrected chi connectivity index (χ2v) is 7.32. The van der Waals surface area contributed by atoms with E-state index in [2.05, 4.69) is 17.7 Å². The minimum absolute atomic E-state index is 0.124. The minimum atomic E-state index is -3.59. The smallest absolute Gasteiger partial charge is 0.196 e. The summed E-state index contributed by atoms with van der Waals surface area (Å²) < 4.78 is 28.2. The van der Waals surface area contributed by atoms with Crippen molar-refractivity contribution in [2.45, 2.75) is 58.0 Å². The molecule has 1 aliphatic carbocycles. The van der Waals surface area contributed by atoms with Crippen molar-refractivity contribution >= 4 is 10.2 Å². The number of nitrogens with zero attached hydrogens (tertiary/aromatic N) is 2. The van der Waals surface area contributed by atoms with Gasteiger partial charge in [0.15, 0.2) is 0 Å². The third-order valence-electron chi connectivity index (χ3n) is 3.77. The molecule has 0 saturated heterocycles. The first-order valence-corrected chi connectivity index (χ1v) is 7.84. The Labute approximate surface area is 110 Å². The Morgan fingerprint density at radius 1 is 1.39 bits per heavy atom. The van der Waals surface area contributed by atoms with Crippen molar-refractivity contribution in [3.05, 3.63) is 0 Å². The molecule has 0 spiro atoms. The largest absolute Gasteiger partial charge is 0.280 e. The van der Waals surface area contributed by atoms with Gasteiger partial charge in [-0.05, 0) is 45.4 Å². The molecular weight excluding hydrogens is 250 g/mol. The molecule has 1 fully saturated rings. The van der Waals surface area contributed by atoms with Gasteiger partial charge in [-0.2, -0.15) is 22.7 Å². The van der Waals surface area contributed by atoms with Crippen LogP contribution in [0.3, 0.4) is 0 Å². The molecule has 1 N–H and O–H groups in total. The van der Waals surface area contributed by atoms with E-state index in [1.807, 2.05) is 0 Å². The third-order valence-corrected chi connectivity index (χ3v) is 5.60. The molecule has 0 aromatic rings. The molecule has 0 atom stereocenters. The van der Waals surface area contributed by atoms with Crippen molar-refractivity contribution in [2.24, 2.45) is 5.92 Å². The quantitative estimate of drug-likeness (QED) is 0.846. The molecule has 1 saturated carbocycles. The van der Waals surface area contributed by atoms with E-state index in [1.165, 1.54) is 11.4 Å². The van der Waals surface area contributed by atoms with Gasteiger partial charge < -0.3 is 0 Å². The Balaban J connectivity index is 2.84. The average molecular weight is 273 g/mol. The van der Waals surface area contributed by atoms with Crippen molar-refractivity contribution in [1.29, 1.82) is 5.26 Å². The molecule has 0 aliphatic heterocycles. The predicted octanol–water partition coefficient (Wildman–Crippen LogP) is 1.63. The number of nitriles is 1. The highest BCUT2D eigenvalue weighted by Crippen LogP contribution is 2.32. The summed E-state index contributed by atoms with van der Waals surface area (Å²) in [6.07, 6.45) is 2.97. The molecule has 0 amide bonds. The van der Waals surface area contributed by atoms with Crippen LogP contribution in [0.1, 0.15) is 46.5 Å². The molecular formula is C12H23N3O2S. The van der Waals surface area contributed by atoms with E-state index in [0.29, 0.717) is 18.8 Å².